The minimum atomic E-state index is -1.02. The summed E-state index contributed by atoms with van der Waals surface area (Å²) in [6, 6.07) is 3.87. The number of rotatable bonds is 6. The van der Waals surface area contributed by atoms with Gasteiger partial charge in [-0.15, -0.1) is 5.10 Å². The maximum Gasteiger partial charge on any atom is 0.358 e. The first-order valence-corrected chi connectivity index (χ1v) is 6.62. The van der Waals surface area contributed by atoms with E-state index in [1.165, 1.54) is 0 Å². The molecule has 0 spiro atoms. The summed E-state index contributed by atoms with van der Waals surface area (Å²) in [5.74, 6) is -0.669. The van der Waals surface area contributed by atoms with Crippen LogP contribution in [-0.2, 0) is 19.4 Å². The molecular weight excluding hydrogens is 256 g/mol. The van der Waals surface area contributed by atoms with E-state index in [2.05, 4.69) is 15.3 Å². The Hall–Kier alpha value is -2.24. The molecule has 2 aromatic heterocycles. The van der Waals surface area contributed by atoms with Gasteiger partial charge in [0.05, 0.1) is 5.69 Å². The van der Waals surface area contributed by atoms with Gasteiger partial charge in [0.2, 0.25) is 0 Å². The first kappa shape index (κ1) is 14.2. The Bertz CT molecular complexity index is 578. The fraction of sp³-hybridized carbons (Fsp3) is 0.429. The highest BCUT2D eigenvalue weighted by Crippen LogP contribution is 2.13. The normalized spacial score (nSPS) is 10.9. The van der Waals surface area contributed by atoms with Gasteiger partial charge in [0.1, 0.15) is 0 Å². The molecule has 0 aliphatic carbocycles. The Morgan fingerprint density at radius 2 is 2.25 bits per heavy atom. The molecule has 2 heterocycles. The zero-order chi connectivity index (χ0) is 14.5. The van der Waals surface area contributed by atoms with Gasteiger partial charge >= 0.3 is 5.97 Å². The van der Waals surface area contributed by atoms with Crippen molar-refractivity contribution in [1.29, 1.82) is 0 Å². The van der Waals surface area contributed by atoms with Gasteiger partial charge in [-0.3, -0.25) is 4.98 Å². The van der Waals surface area contributed by atoms with Crippen molar-refractivity contribution in [3.63, 3.8) is 0 Å². The topological polar surface area (TPSA) is 80.9 Å². The molecule has 1 N–H and O–H groups in total. The largest absolute Gasteiger partial charge is 0.476 e. The summed E-state index contributed by atoms with van der Waals surface area (Å²) in [4.78, 5) is 15.2. The lowest BCUT2D eigenvalue weighted by Crippen LogP contribution is -2.12. The van der Waals surface area contributed by atoms with Crippen molar-refractivity contribution >= 4 is 5.97 Å². The summed E-state index contributed by atoms with van der Waals surface area (Å²) >= 11 is 0. The van der Waals surface area contributed by atoms with Crippen LogP contribution in [0.1, 0.15) is 35.6 Å². The Labute approximate surface area is 117 Å². The van der Waals surface area contributed by atoms with Gasteiger partial charge in [-0.1, -0.05) is 25.1 Å². The van der Waals surface area contributed by atoms with E-state index < -0.39 is 5.97 Å². The predicted molar refractivity (Wildman–Crippen MR) is 73.5 cm³/mol. The Morgan fingerprint density at radius 1 is 1.45 bits per heavy atom. The lowest BCUT2D eigenvalue weighted by Gasteiger charge is -2.09. The zero-order valence-electron chi connectivity index (χ0n) is 11.7. The average Bonchev–Trinajstić information content (AvgIpc) is 2.80. The summed E-state index contributed by atoms with van der Waals surface area (Å²) in [5.41, 5.74) is 1.84. The van der Waals surface area contributed by atoms with Crippen molar-refractivity contribution in [3.8, 4) is 0 Å². The number of nitrogens with zero attached hydrogens (tertiary/aromatic N) is 4. The van der Waals surface area contributed by atoms with E-state index in [0.29, 0.717) is 24.6 Å². The number of carbonyl (C=O) groups is 1. The van der Waals surface area contributed by atoms with Crippen molar-refractivity contribution < 1.29 is 9.90 Å². The molecule has 0 saturated heterocycles. The van der Waals surface area contributed by atoms with Crippen LogP contribution < -0.4 is 0 Å². The third kappa shape index (κ3) is 3.40. The van der Waals surface area contributed by atoms with Gasteiger partial charge in [-0.25, -0.2) is 9.48 Å². The molecule has 106 valence electrons. The molecule has 0 unspecified atom stereocenters. The minimum absolute atomic E-state index is 0.0601. The number of aryl methyl sites for hydroxylation is 2. The summed E-state index contributed by atoms with van der Waals surface area (Å²) in [5, 5.41) is 16.9. The van der Waals surface area contributed by atoms with Crippen molar-refractivity contribution in [2.75, 3.05) is 0 Å². The van der Waals surface area contributed by atoms with Gasteiger partial charge in [-0.2, -0.15) is 0 Å². The summed E-state index contributed by atoms with van der Waals surface area (Å²) in [6.45, 7) is 4.70. The summed E-state index contributed by atoms with van der Waals surface area (Å²) < 4.78 is 1.69. The number of aromatic carboxylic acids is 1. The molecule has 0 amide bonds. The molecule has 0 radical (unpaired) electrons. The smallest absolute Gasteiger partial charge is 0.358 e. The predicted octanol–water partition coefficient (Wildman–Crippen LogP) is 1.81. The van der Waals surface area contributed by atoms with E-state index in [9.17, 15) is 4.79 Å². The van der Waals surface area contributed by atoms with Crippen LogP contribution in [0, 0.1) is 5.92 Å². The quantitative estimate of drug-likeness (QED) is 0.868. The number of carboxylic acid groups (broad SMARTS) is 1. The zero-order valence-corrected chi connectivity index (χ0v) is 11.7. The van der Waals surface area contributed by atoms with Crippen LogP contribution in [0.2, 0.25) is 0 Å². The molecule has 6 heteroatoms. The molecule has 0 bridgehead atoms. The third-order valence-electron chi connectivity index (χ3n) is 2.98. The van der Waals surface area contributed by atoms with Crippen LogP contribution in [0.3, 0.4) is 0 Å². The monoisotopic (exact) mass is 274 g/mol. The fourth-order valence-electron chi connectivity index (χ4n) is 2.05. The van der Waals surface area contributed by atoms with Crippen molar-refractivity contribution in [2.45, 2.75) is 33.2 Å². The molecule has 20 heavy (non-hydrogen) atoms. The number of pyridine rings is 1. The molecule has 0 aliphatic rings. The Balaban J connectivity index is 2.16. The molecule has 0 aliphatic heterocycles. The van der Waals surface area contributed by atoms with Crippen LogP contribution in [-0.4, -0.2) is 31.1 Å². The van der Waals surface area contributed by atoms with Crippen LogP contribution in [0.15, 0.2) is 24.5 Å². The highest BCUT2D eigenvalue weighted by atomic mass is 16.4. The molecule has 2 aromatic rings. The van der Waals surface area contributed by atoms with Gasteiger partial charge in [0, 0.05) is 18.9 Å². The highest BCUT2D eigenvalue weighted by molar-refractivity contribution is 5.86. The van der Waals surface area contributed by atoms with Gasteiger partial charge < -0.3 is 5.11 Å². The van der Waals surface area contributed by atoms with E-state index in [1.54, 1.807) is 17.1 Å². The lowest BCUT2D eigenvalue weighted by molar-refractivity contribution is 0.0689. The van der Waals surface area contributed by atoms with Gasteiger partial charge in [-0.05, 0) is 30.4 Å². The fourth-order valence-corrected chi connectivity index (χ4v) is 2.05. The molecule has 2 rings (SSSR count). The number of aromatic nitrogens is 4. The van der Waals surface area contributed by atoms with Crippen LogP contribution in [0.25, 0.3) is 0 Å². The van der Waals surface area contributed by atoms with Crippen molar-refractivity contribution in [3.05, 3.63) is 41.5 Å². The van der Waals surface area contributed by atoms with E-state index in [-0.39, 0.29) is 5.69 Å². The van der Waals surface area contributed by atoms with Crippen LogP contribution >= 0.6 is 0 Å². The standard InChI is InChI=1S/C14H18N4O2/c1-10(2)8-12-13(14(19)20)16-17-18(12)7-5-11-4-3-6-15-9-11/h3-4,6,9-10H,5,7-8H2,1-2H3,(H,19,20). The second kappa shape index (κ2) is 6.27. The molecule has 0 aromatic carbocycles. The molecule has 0 atom stereocenters. The summed E-state index contributed by atoms with van der Waals surface area (Å²) in [7, 11) is 0. The Morgan fingerprint density at radius 3 is 2.85 bits per heavy atom. The van der Waals surface area contributed by atoms with E-state index in [4.69, 9.17) is 5.11 Å². The second-order valence-electron chi connectivity index (χ2n) is 5.12. The highest BCUT2D eigenvalue weighted by Gasteiger charge is 2.19. The lowest BCUT2D eigenvalue weighted by atomic mass is 10.1. The van der Waals surface area contributed by atoms with E-state index in [1.807, 2.05) is 26.0 Å². The summed E-state index contributed by atoms with van der Waals surface area (Å²) in [6.07, 6.45) is 4.94. The molecule has 0 saturated carbocycles. The van der Waals surface area contributed by atoms with Crippen molar-refractivity contribution in [1.82, 2.24) is 20.0 Å². The van der Waals surface area contributed by atoms with E-state index >= 15 is 0 Å². The first-order valence-electron chi connectivity index (χ1n) is 6.62. The number of carboxylic acids is 1. The molecular formula is C14H18N4O2. The SMILES string of the molecule is CC(C)Cc1c(C(=O)O)nnn1CCc1cccnc1. The van der Waals surface area contributed by atoms with Crippen LogP contribution in [0.5, 0.6) is 0 Å². The minimum Gasteiger partial charge on any atom is -0.476 e. The maximum absolute atomic E-state index is 11.2. The first-order chi connectivity index (χ1) is 9.58. The Kier molecular flexibility index (Phi) is 4.45. The molecule has 0 fully saturated rings. The average molecular weight is 274 g/mol. The van der Waals surface area contributed by atoms with Crippen LogP contribution in [0.4, 0.5) is 0 Å². The third-order valence-corrected chi connectivity index (χ3v) is 2.98. The number of hydrogen-bond acceptors (Lipinski definition) is 4. The van der Waals surface area contributed by atoms with E-state index in [0.717, 1.165) is 12.0 Å². The number of hydrogen-bond donors (Lipinski definition) is 1. The van der Waals surface area contributed by atoms with Gasteiger partial charge in [0.15, 0.2) is 5.69 Å². The second-order valence-corrected chi connectivity index (χ2v) is 5.12. The van der Waals surface area contributed by atoms with Crippen molar-refractivity contribution in [2.24, 2.45) is 5.92 Å². The van der Waals surface area contributed by atoms with Gasteiger partial charge in [0.25, 0.3) is 0 Å². The molecule has 6 nitrogen and oxygen atoms in total. The maximum atomic E-state index is 11.2.